The van der Waals surface area contributed by atoms with Crippen molar-refractivity contribution in [3.05, 3.63) is 358 Å². The largest absolute Gasteiger partial charge is 0.324 e. The molecule has 4 heterocycles. The summed E-state index contributed by atoms with van der Waals surface area (Å²) in [4.78, 5) is 21.9. The van der Waals surface area contributed by atoms with Gasteiger partial charge in [0.25, 0.3) is 0 Å². The van der Waals surface area contributed by atoms with E-state index in [1.807, 2.05) is 0 Å². The van der Waals surface area contributed by atoms with E-state index in [0.29, 0.717) is 0 Å². The maximum Gasteiger partial charge on any atom is 0.141 e. The zero-order valence-electron chi connectivity index (χ0n) is 67.2. The van der Waals surface area contributed by atoms with Crippen LogP contribution in [-0.2, 0) is 73.5 Å². The lowest BCUT2D eigenvalue weighted by Crippen LogP contribution is -2.67. The van der Waals surface area contributed by atoms with E-state index in [9.17, 15) is 0 Å². The lowest BCUT2D eigenvalue weighted by Gasteiger charge is -2.71. The van der Waals surface area contributed by atoms with Crippen LogP contribution in [0, 0.1) is 49.4 Å². The average molecular weight is 1530 g/mol. The lowest BCUT2D eigenvalue weighted by molar-refractivity contribution is -0.0691. The molecule has 576 valence electrons. The van der Waals surface area contributed by atoms with E-state index in [4.69, 9.17) is 45.6 Å². The lowest BCUT2D eigenvalue weighted by atomic mass is 9.32. The van der Waals surface area contributed by atoms with Gasteiger partial charge in [-0.3, -0.25) is 0 Å². The van der Waals surface area contributed by atoms with E-state index in [1.54, 1.807) is 0 Å². The predicted octanol–water partition coefficient (Wildman–Crippen LogP) is 24.2. The normalized spacial score (nSPS) is 17.9. The van der Waals surface area contributed by atoms with E-state index < -0.39 is 0 Å². The van der Waals surface area contributed by atoms with Crippen LogP contribution < -0.4 is 0 Å². The second kappa shape index (κ2) is 32.1. The summed E-state index contributed by atoms with van der Waals surface area (Å²) in [5.41, 5.74) is 25.7. The number of unbranched alkanes of at least 4 members (excludes halogenated alkanes) is 4. The molecule has 0 atom stereocenters. The molecule has 8 nitrogen and oxygen atoms in total. The van der Waals surface area contributed by atoms with Crippen molar-refractivity contribution in [1.82, 2.24) is 38.2 Å². The Morgan fingerprint density at radius 2 is 0.441 bits per heavy atom. The van der Waals surface area contributed by atoms with Gasteiger partial charge in [-0.05, 0) is 255 Å². The first-order chi connectivity index (χ1) is 58.1. The molecule has 12 aromatic carbocycles. The maximum absolute atomic E-state index is 6.09. The van der Waals surface area contributed by atoms with E-state index >= 15 is 0 Å². The van der Waals surface area contributed by atoms with Gasteiger partial charge in [0.05, 0.1) is 44.1 Å². The Morgan fingerprint density at radius 1 is 0.237 bits per heavy atom. The third-order valence-electron chi connectivity index (χ3n) is 26.5. The molecule has 0 spiro atoms. The maximum atomic E-state index is 6.09. The highest BCUT2D eigenvalue weighted by Gasteiger charge is 2.69. The van der Waals surface area contributed by atoms with Gasteiger partial charge in [-0.25, -0.2) is 19.9 Å². The molecule has 8 heteroatoms. The topological polar surface area (TPSA) is 71.3 Å². The number of nitrogens with zero attached hydrogens (tertiary/aromatic N) is 8. The summed E-state index contributed by atoms with van der Waals surface area (Å²) in [6.45, 7) is 3.35. The minimum Gasteiger partial charge on any atom is -0.324 e. The van der Waals surface area contributed by atoms with Crippen LogP contribution in [0.4, 0.5) is 0 Å². The average Bonchev–Trinajstić information content (AvgIpc) is 0.821. The SMILES string of the molecule is C#Cc1ccc2c(c1)nc(-c1ccc(C34CC5(c6ccc(-c7nc8cc(C#C)ccc8n7CCCCc7ccccc7)cc6)CC(c6ccc(-c7nc8cc(C#C)ccc8n7CCCCc7ccccc7)cc6)(C3)CC(c3ccc(-c6nc7cc(C#C)ccc7n6CCCCc6ccccc6)cc3)(C4)C5)cc1)n2CCCCc1ccccc1. The van der Waals surface area contributed by atoms with Gasteiger partial charge in [0.1, 0.15) is 23.3 Å². The van der Waals surface area contributed by atoms with Crippen molar-refractivity contribution in [1.29, 1.82) is 0 Å². The van der Waals surface area contributed by atoms with Gasteiger partial charge in [0, 0.05) is 70.7 Å². The van der Waals surface area contributed by atoms with Crippen LogP contribution in [0.25, 0.3) is 89.7 Å². The zero-order chi connectivity index (χ0) is 79.6. The van der Waals surface area contributed by atoms with Crippen LogP contribution in [0.1, 0.15) is 157 Å². The molecule has 0 unspecified atom stereocenters. The molecule has 0 N–H and O–H groups in total. The highest BCUT2D eigenvalue weighted by atomic mass is 15.1. The first-order valence-corrected chi connectivity index (χ1v) is 42.5. The second-order valence-corrected chi connectivity index (χ2v) is 34.0. The molecule has 0 amide bonds. The number of hydrogen-bond donors (Lipinski definition) is 0. The molecule has 20 rings (SSSR count). The molecule has 4 aliphatic rings. The molecule has 0 radical (unpaired) electrons. The Balaban J connectivity index is 0.746. The molecule has 4 fully saturated rings. The van der Waals surface area contributed by atoms with Crippen LogP contribution in [0.3, 0.4) is 0 Å². The number of fused-ring (bicyclic) bond motifs is 4. The van der Waals surface area contributed by atoms with Gasteiger partial charge >= 0.3 is 0 Å². The fourth-order valence-electron chi connectivity index (χ4n) is 21.4. The minimum absolute atomic E-state index is 0.282. The monoisotopic (exact) mass is 1530 g/mol. The molecule has 16 aromatic rings. The summed E-state index contributed by atoms with van der Waals surface area (Å²) in [6.07, 6.45) is 42.7. The molecule has 0 aliphatic heterocycles. The van der Waals surface area contributed by atoms with Crippen molar-refractivity contribution < 1.29 is 0 Å². The predicted molar refractivity (Wildman–Crippen MR) is 484 cm³/mol. The molecule has 4 aromatic heterocycles. The quantitative estimate of drug-likeness (QED) is 0.0362. The van der Waals surface area contributed by atoms with Crippen LogP contribution in [0.5, 0.6) is 0 Å². The van der Waals surface area contributed by atoms with Gasteiger partial charge in [-0.2, -0.15) is 0 Å². The Hall–Kier alpha value is -13.2. The van der Waals surface area contributed by atoms with Crippen molar-refractivity contribution >= 4 is 44.1 Å². The van der Waals surface area contributed by atoms with Crippen LogP contribution >= 0.6 is 0 Å². The number of aryl methyl sites for hydroxylation is 8. The molecular formula is C110H96N8. The third kappa shape index (κ3) is 14.5. The minimum atomic E-state index is -0.282. The fraction of sp³-hybridized carbons (Fsp3) is 0.236. The summed E-state index contributed by atoms with van der Waals surface area (Å²) in [6, 6.07) is 108. The molecule has 4 aliphatic carbocycles. The summed E-state index contributed by atoms with van der Waals surface area (Å²) in [5.74, 6) is 15.5. The third-order valence-corrected chi connectivity index (χ3v) is 26.5. The number of imidazole rings is 4. The second-order valence-electron chi connectivity index (χ2n) is 34.0. The first kappa shape index (κ1) is 74.8. The standard InChI is InChI=1S/C110H96N8/c1-5-79-41-61-99-95(69-79)111-103(115(99)65-25-21-37-83-29-13-9-14-30-83)87-45-53-91(54-46-87)107-73-108(92-55-47-88(48-56-92)104-112-96-70-80(6-2)42-62-100(96)116(104)66-26-22-38-84-31-15-10-16-32-84)76-109(74-107,93-57-49-89(50-58-93)105-113-97-71-81(7-3)43-63-101(97)117(105)67-27-23-39-85-33-17-11-18-34-85)78-110(75-107,77-108)94-59-51-90(52-60-94)106-114-98-72-82(8-4)44-64-102(98)118(106)68-28-24-40-86-35-19-12-20-36-86/h1-4,9-20,29-36,41-64,69-72H,21-28,37-40,65-68,73-78H2. The summed E-state index contributed by atoms with van der Waals surface area (Å²) < 4.78 is 9.77. The van der Waals surface area contributed by atoms with Crippen LogP contribution in [0.2, 0.25) is 0 Å². The zero-order valence-corrected chi connectivity index (χ0v) is 67.2. The number of aromatic nitrogens is 8. The van der Waals surface area contributed by atoms with E-state index in [-0.39, 0.29) is 21.7 Å². The smallest absolute Gasteiger partial charge is 0.141 e. The van der Waals surface area contributed by atoms with Crippen molar-refractivity contribution in [2.24, 2.45) is 0 Å². The van der Waals surface area contributed by atoms with Crippen molar-refractivity contribution in [3.8, 4) is 94.9 Å². The Morgan fingerprint density at radius 3 is 0.636 bits per heavy atom. The number of hydrogen-bond acceptors (Lipinski definition) is 4. The Labute approximate surface area is 694 Å². The van der Waals surface area contributed by atoms with Gasteiger partial charge in [0.2, 0.25) is 0 Å². The highest BCUT2D eigenvalue weighted by molar-refractivity contribution is 5.86. The Bertz CT molecular complexity index is 5690. The van der Waals surface area contributed by atoms with Crippen LogP contribution in [-0.4, -0.2) is 38.2 Å². The van der Waals surface area contributed by atoms with Gasteiger partial charge in [-0.15, -0.1) is 25.7 Å². The van der Waals surface area contributed by atoms with Gasteiger partial charge in [-0.1, -0.05) is 242 Å². The number of benzene rings is 12. The van der Waals surface area contributed by atoms with Crippen LogP contribution in [0.15, 0.2) is 291 Å². The van der Waals surface area contributed by atoms with Crippen molar-refractivity contribution in [2.45, 2.75) is 163 Å². The molecule has 4 bridgehead atoms. The van der Waals surface area contributed by atoms with E-state index in [1.165, 1.54) is 44.5 Å². The van der Waals surface area contributed by atoms with Crippen molar-refractivity contribution in [2.75, 3.05) is 0 Å². The van der Waals surface area contributed by atoms with E-state index in [2.05, 4.69) is 333 Å². The summed E-state index contributed by atoms with van der Waals surface area (Å²) >= 11 is 0. The van der Waals surface area contributed by atoms with Crippen molar-refractivity contribution in [3.63, 3.8) is 0 Å². The number of terminal acetylenes is 4. The molecule has 4 saturated carbocycles. The highest BCUT2D eigenvalue weighted by Crippen LogP contribution is 2.75. The summed E-state index contributed by atoms with van der Waals surface area (Å²) in [5, 5.41) is 0. The first-order valence-electron chi connectivity index (χ1n) is 42.5. The number of rotatable bonds is 28. The van der Waals surface area contributed by atoms with Gasteiger partial charge in [0.15, 0.2) is 0 Å². The molecule has 0 saturated heterocycles. The summed E-state index contributed by atoms with van der Waals surface area (Å²) in [7, 11) is 0. The molecule has 118 heavy (non-hydrogen) atoms. The van der Waals surface area contributed by atoms with E-state index in [0.717, 1.165) is 254 Å². The Kier molecular flexibility index (Phi) is 20.4. The van der Waals surface area contributed by atoms with Gasteiger partial charge < -0.3 is 18.3 Å². The molecular weight excluding hydrogens is 1430 g/mol. The fourth-order valence-corrected chi connectivity index (χ4v) is 21.4.